The monoisotopic (exact) mass is 188 g/mol. The highest BCUT2D eigenvalue weighted by Gasteiger charge is 2.27. The van der Waals surface area contributed by atoms with Gasteiger partial charge in [0.1, 0.15) is 0 Å². The van der Waals surface area contributed by atoms with E-state index in [-0.39, 0.29) is 12.6 Å². The highest BCUT2D eigenvalue weighted by molar-refractivity contribution is 5.79. The minimum atomic E-state index is -0.541. The second-order valence-electron chi connectivity index (χ2n) is 3.39. The zero-order chi connectivity index (χ0) is 10.5. The Morgan fingerprint density at radius 3 is 2.23 bits per heavy atom. The lowest BCUT2D eigenvalue weighted by atomic mass is 9.91. The van der Waals surface area contributed by atoms with Gasteiger partial charge in [-0.2, -0.15) is 0 Å². The molecule has 0 rings (SSSR count). The highest BCUT2D eigenvalue weighted by Crippen LogP contribution is 2.21. The first-order valence-electron chi connectivity index (χ1n) is 4.18. The maximum Gasteiger partial charge on any atom is 0.344 e. The summed E-state index contributed by atoms with van der Waals surface area (Å²) in [7, 11) is 1.25. The summed E-state index contributed by atoms with van der Waals surface area (Å²) >= 11 is 0. The number of hydrogen-bond acceptors (Lipinski definition) is 4. The van der Waals surface area contributed by atoms with Gasteiger partial charge in [0.25, 0.3) is 0 Å². The quantitative estimate of drug-likeness (QED) is 0.621. The molecule has 0 fully saturated rings. The van der Waals surface area contributed by atoms with Gasteiger partial charge in [-0.1, -0.05) is 6.92 Å². The largest absolute Gasteiger partial charge is 0.466 e. The van der Waals surface area contributed by atoms with Crippen molar-refractivity contribution >= 4 is 11.9 Å². The third kappa shape index (κ3) is 3.92. The summed E-state index contributed by atoms with van der Waals surface area (Å²) in [6.07, 6.45) is 0.674. The first kappa shape index (κ1) is 11.9. The van der Waals surface area contributed by atoms with Crippen LogP contribution in [0.15, 0.2) is 0 Å². The minimum Gasteiger partial charge on any atom is -0.466 e. The average Bonchev–Trinajstić information content (AvgIpc) is 2.13. The Balaban J connectivity index is 3.95. The van der Waals surface area contributed by atoms with Gasteiger partial charge in [0, 0.05) is 0 Å². The van der Waals surface area contributed by atoms with Gasteiger partial charge >= 0.3 is 11.9 Å². The van der Waals surface area contributed by atoms with Crippen molar-refractivity contribution in [3.8, 4) is 0 Å². The van der Waals surface area contributed by atoms with Crippen LogP contribution in [0.25, 0.3) is 0 Å². The maximum absolute atomic E-state index is 11.3. The molecule has 0 aromatic carbocycles. The molecule has 13 heavy (non-hydrogen) atoms. The number of methoxy groups -OCH3 is 1. The summed E-state index contributed by atoms with van der Waals surface area (Å²) in [5.74, 6) is -0.916. The van der Waals surface area contributed by atoms with E-state index < -0.39 is 11.4 Å². The first-order chi connectivity index (χ1) is 5.94. The Bertz CT molecular complexity index is 196. The van der Waals surface area contributed by atoms with Crippen LogP contribution in [0, 0.1) is 5.41 Å². The van der Waals surface area contributed by atoms with Crippen molar-refractivity contribution in [3.63, 3.8) is 0 Å². The van der Waals surface area contributed by atoms with Crippen molar-refractivity contribution in [3.05, 3.63) is 0 Å². The first-order valence-corrected chi connectivity index (χ1v) is 4.18. The number of rotatable bonds is 4. The fraction of sp³-hybridized carbons (Fsp3) is 0.778. The molecule has 0 heterocycles. The van der Waals surface area contributed by atoms with Crippen molar-refractivity contribution in [2.75, 3.05) is 13.7 Å². The molecule has 0 spiro atoms. The van der Waals surface area contributed by atoms with E-state index in [1.807, 2.05) is 6.92 Å². The summed E-state index contributed by atoms with van der Waals surface area (Å²) in [6, 6.07) is 0. The smallest absolute Gasteiger partial charge is 0.344 e. The predicted octanol–water partition coefficient (Wildman–Crippen LogP) is 1.14. The lowest BCUT2D eigenvalue weighted by Gasteiger charge is -2.19. The van der Waals surface area contributed by atoms with E-state index in [0.29, 0.717) is 6.42 Å². The Labute approximate surface area is 78.2 Å². The molecule has 4 heteroatoms. The number of ether oxygens (including phenoxy) is 2. The number of carbonyl (C=O) groups is 2. The molecular weight excluding hydrogens is 172 g/mol. The van der Waals surface area contributed by atoms with Gasteiger partial charge in [0.05, 0.1) is 12.5 Å². The van der Waals surface area contributed by atoms with E-state index in [9.17, 15) is 9.59 Å². The normalized spacial score (nSPS) is 10.8. The third-order valence-electron chi connectivity index (χ3n) is 1.99. The van der Waals surface area contributed by atoms with E-state index in [4.69, 9.17) is 4.74 Å². The molecule has 0 N–H and O–H groups in total. The lowest BCUT2D eigenvalue weighted by molar-refractivity contribution is -0.163. The molecule has 0 bridgehead atoms. The average molecular weight is 188 g/mol. The number of hydrogen-bond donors (Lipinski definition) is 0. The SMILES string of the molecule is CCC(C)(C)C(=O)OCC(=O)OC. The lowest BCUT2D eigenvalue weighted by Crippen LogP contribution is -2.28. The van der Waals surface area contributed by atoms with Crippen LogP contribution in [0.2, 0.25) is 0 Å². The van der Waals surface area contributed by atoms with E-state index in [2.05, 4.69) is 4.74 Å². The summed E-state index contributed by atoms with van der Waals surface area (Å²) in [4.78, 5) is 21.9. The Kier molecular flexibility index (Phi) is 4.45. The minimum absolute atomic E-state index is 0.307. The topological polar surface area (TPSA) is 52.6 Å². The third-order valence-corrected chi connectivity index (χ3v) is 1.99. The van der Waals surface area contributed by atoms with Gasteiger partial charge in [-0.3, -0.25) is 4.79 Å². The van der Waals surface area contributed by atoms with E-state index in [1.54, 1.807) is 13.8 Å². The molecule has 0 saturated carbocycles. The zero-order valence-corrected chi connectivity index (χ0v) is 8.55. The van der Waals surface area contributed by atoms with Crippen molar-refractivity contribution < 1.29 is 19.1 Å². The molecule has 0 radical (unpaired) electrons. The summed E-state index contributed by atoms with van der Waals surface area (Å²) in [6.45, 7) is 5.12. The van der Waals surface area contributed by atoms with Crippen LogP contribution in [0.4, 0.5) is 0 Å². The summed E-state index contributed by atoms with van der Waals surface area (Å²) in [5.41, 5.74) is -0.534. The van der Waals surface area contributed by atoms with Crippen LogP contribution in [0.1, 0.15) is 27.2 Å². The molecule has 0 aliphatic rings. The molecular formula is C9H16O4. The highest BCUT2D eigenvalue weighted by atomic mass is 16.6. The van der Waals surface area contributed by atoms with Gasteiger partial charge in [0.2, 0.25) is 0 Å². The van der Waals surface area contributed by atoms with Crippen molar-refractivity contribution in [1.82, 2.24) is 0 Å². The van der Waals surface area contributed by atoms with Crippen molar-refractivity contribution in [2.45, 2.75) is 27.2 Å². The predicted molar refractivity (Wildman–Crippen MR) is 47.0 cm³/mol. The van der Waals surface area contributed by atoms with Crippen molar-refractivity contribution in [1.29, 1.82) is 0 Å². The van der Waals surface area contributed by atoms with Gasteiger partial charge in [-0.05, 0) is 20.3 Å². The van der Waals surface area contributed by atoms with E-state index in [0.717, 1.165) is 0 Å². The standard InChI is InChI=1S/C9H16O4/c1-5-9(2,3)8(11)13-6-7(10)12-4/h5-6H2,1-4H3. The molecule has 0 aromatic rings. The molecule has 0 aliphatic heterocycles. The Morgan fingerprint density at radius 2 is 1.85 bits per heavy atom. The summed E-state index contributed by atoms with van der Waals surface area (Å²) in [5, 5.41) is 0. The van der Waals surface area contributed by atoms with Gasteiger partial charge in [-0.15, -0.1) is 0 Å². The maximum atomic E-state index is 11.3. The molecule has 0 amide bonds. The van der Waals surface area contributed by atoms with E-state index in [1.165, 1.54) is 7.11 Å². The van der Waals surface area contributed by atoms with Crippen molar-refractivity contribution in [2.24, 2.45) is 5.41 Å². The molecule has 4 nitrogen and oxygen atoms in total. The number of esters is 2. The Morgan fingerprint density at radius 1 is 1.31 bits per heavy atom. The zero-order valence-electron chi connectivity index (χ0n) is 8.55. The van der Waals surface area contributed by atoms with Gasteiger partial charge < -0.3 is 9.47 Å². The van der Waals surface area contributed by atoms with Crippen LogP contribution < -0.4 is 0 Å². The molecule has 0 unspecified atom stereocenters. The van der Waals surface area contributed by atoms with Crippen LogP contribution in [-0.4, -0.2) is 25.7 Å². The van der Waals surface area contributed by atoms with Gasteiger partial charge in [-0.25, -0.2) is 4.79 Å². The Hall–Kier alpha value is -1.06. The summed E-state index contributed by atoms with van der Waals surface area (Å²) < 4.78 is 9.07. The van der Waals surface area contributed by atoms with Crippen LogP contribution >= 0.6 is 0 Å². The fourth-order valence-electron chi connectivity index (χ4n) is 0.523. The second kappa shape index (κ2) is 4.84. The molecule has 0 saturated heterocycles. The van der Waals surface area contributed by atoms with Crippen LogP contribution in [-0.2, 0) is 19.1 Å². The van der Waals surface area contributed by atoms with Gasteiger partial charge in [0.15, 0.2) is 6.61 Å². The van der Waals surface area contributed by atoms with Crippen LogP contribution in [0.5, 0.6) is 0 Å². The second-order valence-corrected chi connectivity index (χ2v) is 3.39. The molecule has 0 aromatic heterocycles. The van der Waals surface area contributed by atoms with Crippen LogP contribution in [0.3, 0.4) is 0 Å². The molecule has 0 atom stereocenters. The molecule has 76 valence electrons. The van der Waals surface area contributed by atoms with E-state index >= 15 is 0 Å². The molecule has 0 aliphatic carbocycles. The number of carbonyl (C=O) groups excluding carboxylic acids is 2. The fourth-order valence-corrected chi connectivity index (χ4v) is 0.523.